The summed E-state index contributed by atoms with van der Waals surface area (Å²) in [4.78, 5) is 23.9. The number of nitrogens with zero attached hydrogens (tertiary/aromatic N) is 3. The molecule has 0 bridgehead atoms. The number of pyridine rings is 1. The summed E-state index contributed by atoms with van der Waals surface area (Å²) < 4.78 is 2.19. The molecule has 0 amide bonds. The molecule has 148 valence electrons. The van der Waals surface area contributed by atoms with Crippen LogP contribution in [0.4, 0.5) is 0 Å². The van der Waals surface area contributed by atoms with Crippen LogP contribution in [0.15, 0.2) is 18.2 Å². The minimum absolute atomic E-state index is 0.671. The van der Waals surface area contributed by atoms with Crippen molar-refractivity contribution in [2.75, 3.05) is 0 Å². The molecule has 3 aromatic heterocycles. The molecule has 0 unspecified atom stereocenters. The molecule has 1 aliphatic rings. The van der Waals surface area contributed by atoms with Gasteiger partial charge in [-0.25, -0.2) is 9.97 Å². The summed E-state index contributed by atoms with van der Waals surface area (Å²) >= 11 is 1.64. The second kappa shape index (κ2) is 7.32. The molecule has 0 aliphatic heterocycles. The topological polar surface area (TPSA) is 68.0 Å². The fraction of sp³-hybridized carbons (Fsp3) is 0.500. The maximum Gasteiger partial charge on any atom is 0.314 e. The van der Waals surface area contributed by atoms with Gasteiger partial charge in [0.15, 0.2) is 5.65 Å². The predicted molar refractivity (Wildman–Crippen MR) is 112 cm³/mol. The molecule has 3 heterocycles. The summed E-state index contributed by atoms with van der Waals surface area (Å²) in [6.45, 7) is 6.90. The number of carboxylic acids is 1. The van der Waals surface area contributed by atoms with Gasteiger partial charge in [0.05, 0.1) is 6.54 Å². The first-order chi connectivity index (χ1) is 13.4. The van der Waals surface area contributed by atoms with Gasteiger partial charge in [0.1, 0.15) is 16.8 Å². The zero-order valence-corrected chi connectivity index (χ0v) is 17.6. The SMILES string of the molecule is CCc1nc2c(C)cc(C)nc2n1Cc1ccc(C2(C(=O)O)CCCCC2)s1. The Morgan fingerprint density at radius 3 is 2.64 bits per heavy atom. The average Bonchev–Trinajstić information content (AvgIpc) is 3.28. The van der Waals surface area contributed by atoms with Gasteiger partial charge in [-0.05, 0) is 50.5 Å². The second-order valence-electron chi connectivity index (χ2n) is 7.93. The highest BCUT2D eigenvalue weighted by molar-refractivity contribution is 7.12. The van der Waals surface area contributed by atoms with Gasteiger partial charge in [0.25, 0.3) is 0 Å². The standard InChI is InChI=1S/C22H27N3O2S/c1-4-18-24-19-14(2)12-15(3)23-20(19)25(18)13-16-8-9-17(28-16)22(21(26)27)10-6-5-7-11-22/h8-9,12H,4-7,10-11,13H2,1-3H3,(H,26,27). The van der Waals surface area contributed by atoms with Crippen molar-refractivity contribution >= 4 is 28.5 Å². The maximum atomic E-state index is 12.1. The molecule has 0 atom stereocenters. The van der Waals surface area contributed by atoms with Crippen molar-refractivity contribution < 1.29 is 9.90 Å². The first-order valence-corrected chi connectivity index (χ1v) is 10.9. The number of hydrogen-bond donors (Lipinski definition) is 1. The fourth-order valence-electron chi connectivity index (χ4n) is 4.48. The van der Waals surface area contributed by atoms with Gasteiger partial charge in [-0.1, -0.05) is 26.2 Å². The minimum atomic E-state index is -0.697. The summed E-state index contributed by atoms with van der Waals surface area (Å²) in [6, 6.07) is 6.20. The Hall–Kier alpha value is -2.21. The van der Waals surface area contributed by atoms with Crippen LogP contribution in [-0.4, -0.2) is 25.6 Å². The third-order valence-electron chi connectivity index (χ3n) is 5.98. The number of fused-ring (bicyclic) bond motifs is 1. The first kappa shape index (κ1) is 19.1. The second-order valence-corrected chi connectivity index (χ2v) is 9.10. The van der Waals surface area contributed by atoms with Crippen molar-refractivity contribution in [2.45, 2.75) is 71.3 Å². The first-order valence-electron chi connectivity index (χ1n) is 10.1. The summed E-state index contributed by atoms with van der Waals surface area (Å²) in [5.74, 6) is 0.354. The van der Waals surface area contributed by atoms with Gasteiger partial charge in [0.2, 0.25) is 0 Å². The number of hydrogen-bond acceptors (Lipinski definition) is 4. The Bertz CT molecular complexity index is 1030. The van der Waals surface area contributed by atoms with Gasteiger partial charge in [-0.2, -0.15) is 0 Å². The molecular weight excluding hydrogens is 370 g/mol. The lowest BCUT2D eigenvalue weighted by atomic mass is 9.73. The van der Waals surface area contributed by atoms with Crippen molar-refractivity contribution in [3.8, 4) is 0 Å². The zero-order valence-electron chi connectivity index (χ0n) is 16.8. The van der Waals surface area contributed by atoms with Crippen LogP contribution in [0.3, 0.4) is 0 Å². The van der Waals surface area contributed by atoms with E-state index in [1.54, 1.807) is 11.3 Å². The highest BCUT2D eigenvalue weighted by Crippen LogP contribution is 2.43. The highest BCUT2D eigenvalue weighted by atomic mass is 32.1. The number of thiophene rings is 1. The van der Waals surface area contributed by atoms with Crippen LogP contribution in [-0.2, 0) is 23.2 Å². The van der Waals surface area contributed by atoms with Crippen molar-refractivity contribution in [1.82, 2.24) is 14.5 Å². The third kappa shape index (κ3) is 3.13. The van der Waals surface area contributed by atoms with E-state index in [9.17, 15) is 9.90 Å². The van der Waals surface area contributed by atoms with Gasteiger partial charge >= 0.3 is 5.97 Å². The van der Waals surface area contributed by atoms with E-state index in [1.165, 1.54) is 0 Å². The number of carbonyl (C=O) groups is 1. The molecule has 5 nitrogen and oxygen atoms in total. The van der Waals surface area contributed by atoms with Crippen LogP contribution in [0.1, 0.15) is 65.9 Å². The van der Waals surface area contributed by atoms with E-state index in [1.807, 2.05) is 13.0 Å². The van der Waals surface area contributed by atoms with Crippen molar-refractivity contribution in [2.24, 2.45) is 0 Å². The minimum Gasteiger partial charge on any atom is -0.481 e. The monoisotopic (exact) mass is 397 g/mol. The Morgan fingerprint density at radius 2 is 1.96 bits per heavy atom. The van der Waals surface area contributed by atoms with E-state index < -0.39 is 11.4 Å². The van der Waals surface area contributed by atoms with Crippen LogP contribution in [0.25, 0.3) is 11.2 Å². The number of rotatable bonds is 5. The van der Waals surface area contributed by atoms with E-state index >= 15 is 0 Å². The quantitative estimate of drug-likeness (QED) is 0.657. The highest BCUT2D eigenvalue weighted by Gasteiger charge is 2.42. The normalized spacial score (nSPS) is 16.5. The van der Waals surface area contributed by atoms with Crippen molar-refractivity contribution in [3.05, 3.63) is 45.0 Å². The molecule has 0 saturated heterocycles. The Labute approximate surface area is 169 Å². The van der Waals surface area contributed by atoms with Crippen molar-refractivity contribution in [1.29, 1.82) is 0 Å². The van der Waals surface area contributed by atoms with Gasteiger partial charge in [0, 0.05) is 21.9 Å². The van der Waals surface area contributed by atoms with E-state index in [0.29, 0.717) is 6.54 Å². The summed E-state index contributed by atoms with van der Waals surface area (Å²) in [5.41, 5.74) is 3.34. The molecule has 0 spiro atoms. The molecule has 1 saturated carbocycles. The lowest BCUT2D eigenvalue weighted by Gasteiger charge is -2.32. The van der Waals surface area contributed by atoms with E-state index in [-0.39, 0.29) is 0 Å². The molecular formula is C22H27N3O2S. The van der Waals surface area contributed by atoms with Crippen LogP contribution in [0.2, 0.25) is 0 Å². The Kier molecular flexibility index (Phi) is 5.00. The van der Waals surface area contributed by atoms with E-state index in [4.69, 9.17) is 9.97 Å². The Morgan fingerprint density at radius 1 is 1.21 bits per heavy atom. The molecule has 28 heavy (non-hydrogen) atoms. The molecule has 0 aromatic carbocycles. The van der Waals surface area contributed by atoms with Gasteiger partial charge in [-0.3, -0.25) is 4.79 Å². The zero-order chi connectivity index (χ0) is 19.9. The smallest absolute Gasteiger partial charge is 0.314 e. The van der Waals surface area contributed by atoms with Crippen LogP contribution < -0.4 is 0 Å². The maximum absolute atomic E-state index is 12.1. The van der Waals surface area contributed by atoms with Crippen molar-refractivity contribution in [3.63, 3.8) is 0 Å². The molecule has 3 aromatic rings. The number of aromatic nitrogens is 3. The van der Waals surface area contributed by atoms with E-state index in [2.05, 4.69) is 30.5 Å². The molecule has 1 aliphatic carbocycles. The number of imidazole rings is 1. The Balaban J connectivity index is 1.72. The van der Waals surface area contributed by atoms with Crippen LogP contribution in [0.5, 0.6) is 0 Å². The van der Waals surface area contributed by atoms with E-state index in [0.717, 1.165) is 76.5 Å². The lowest BCUT2D eigenvalue weighted by Crippen LogP contribution is -2.36. The number of aliphatic carboxylic acids is 1. The van der Waals surface area contributed by atoms with Gasteiger partial charge in [-0.15, -0.1) is 11.3 Å². The van der Waals surface area contributed by atoms with Crippen LogP contribution >= 0.6 is 11.3 Å². The fourth-order valence-corrected chi connectivity index (χ4v) is 5.72. The van der Waals surface area contributed by atoms with Gasteiger partial charge < -0.3 is 9.67 Å². The van der Waals surface area contributed by atoms with Crippen LogP contribution in [0, 0.1) is 13.8 Å². The summed E-state index contributed by atoms with van der Waals surface area (Å²) in [5, 5.41) is 9.97. The number of carboxylic acid groups (broad SMARTS) is 1. The molecule has 1 fully saturated rings. The molecule has 0 radical (unpaired) electrons. The molecule has 6 heteroatoms. The molecule has 1 N–H and O–H groups in total. The summed E-state index contributed by atoms with van der Waals surface area (Å²) in [6.07, 6.45) is 5.46. The largest absolute Gasteiger partial charge is 0.481 e. The summed E-state index contributed by atoms with van der Waals surface area (Å²) in [7, 11) is 0. The average molecular weight is 398 g/mol. The lowest BCUT2D eigenvalue weighted by molar-refractivity contribution is -0.145. The predicted octanol–water partition coefficient (Wildman–Crippen LogP) is 5.01. The third-order valence-corrected chi connectivity index (χ3v) is 7.26. The molecule has 4 rings (SSSR count). The number of aryl methyl sites for hydroxylation is 3.